The molecule has 0 saturated heterocycles. The minimum absolute atomic E-state index is 0.259. The first-order chi connectivity index (χ1) is 16.6. The molecule has 2 heterocycles. The van der Waals surface area contributed by atoms with Crippen molar-refractivity contribution in [3.63, 3.8) is 0 Å². The average Bonchev–Trinajstić information content (AvgIpc) is 3.04. The van der Waals surface area contributed by atoms with Crippen LogP contribution in [-0.4, -0.2) is 16.8 Å². The topological polar surface area (TPSA) is 71.5 Å². The van der Waals surface area contributed by atoms with Gasteiger partial charge in [-0.3, -0.25) is 14.6 Å². The maximum atomic E-state index is 13.7. The molecule has 1 aromatic heterocycles. The molecule has 1 aliphatic heterocycles. The smallest absolute Gasteiger partial charge is 0.258 e. The van der Waals surface area contributed by atoms with Crippen molar-refractivity contribution in [1.29, 1.82) is 0 Å². The summed E-state index contributed by atoms with van der Waals surface area (Å²) in [4.78, 5) is 32.1. The van der Waals surface area contributed by atoms with E-state index in [-0.39, 0.29) is 11.8 Å². The van der Waals surface area contributed by atoms with Crippen molar-refractivity contribution in [3.05, 3.63) is 119 Å². The van der Waals surface area contributed by atoms with E-state index >= 15 is 0 Å². The number of carbonyl (C=O) groups excluding carboxylic acids is 2. The van der Waals surface area contributed by atoms with Gasteiger partial charge in [-0.1, -0.05) is 41.9 Å². The Labute approximate surface area is 201 Å². The van der Waals surface area contributed by atoms with Gasteiger partial charge in [0.15, 0.2) is 5.75 Å². The van der Waals surface area contributed by atoms with Crippen LogP contribution >= 0.6 is 11.6 Å². The number of aromatic nitrogens is 1. The molecule has 1 aliphatic rings. The van der Waals surface area contributed by atoms with Crippen LogP contribution in [0, 0.1) is 0 Å². The minimum Gasteiger partial charge on any atom is -0.455 e. The summed E-state index contributed by atoms with van der Waals surface area (Å²) in [5.41, 5.74) is 3.11. The second kappa shape index (κ2) is 9.37. The number of fused-ring (bicyclic) bond motifs is 2. The lowest BCUT2D eigenvalue weighted by atomic mass is 10.1. The summed E-state index contributed by atoms with van der Waals surface area (Å²) in [6, 6.07) is 23.2. The Kier molecular flexibility index (Phi) is 5.97. The predicted octanol–water partition coefficient (Wildman–Crippen LogP) is 5.62. The number of nitrogens with one attached hydrogen (secondary N) is 1. The SMILES string of the molecule is O=C(NCc1cccnc1)c1cccc(C(=O)N2Cc3ccccc3Oc3ccc(Cl)cc32)c1. The number of nitrogens with zero attached hydrogens (tertiary/aromatic N) is 2. The quantitative estimate of drug-likeness (QED) is 0.421. The maximum Gasteiger partial charge on any atom is 0.258 e. The maximum absolute atomic E-state index is 13.7. The first-order valence-corrected chi connectivity index (χ1v) is 11.1. The molecule has 1 N–H and O–H groups in total. The van der Waals surface area contributed by atoms with Crippen molar-refractivity contribution < 1.29 is 14.3 Å². The summed E-state index contributed by atoms with van der Waals surface area (Å²) in [7, 11) is 0. The number of pyridine rings is 1. The third kappa shape index (κ3) is 4.49. The molecule has 0 unspecified atom stereocenters. The van der Waals surface area contributed by atoms with Gasteiger partial charge >= 0.3 is 0 Å². The zero-order chi connectivity index (χ0) is 23.5. The fraction of sp³-hybridized carbons (Fsp3) is 0.0741. The summed E-state index contributed by atoms with van der Waals surface area (Å²) >= 11 is 6.26. The summed E-state index contributed by atoms with van der Waals surface area (Å²) in [6.07, 6.45) is 3.38. The number of hydrogen-bond donors (Lipinski definition) is 1. The standard InChI is InChI=1S/C27H20ClN3O3/c28-22-10-11-25-23(14-22)31(17-21-6-1-2-9-24(21)34-25)27(33)20-8-3-7-19(13-20)26(32)30-16-18-5-4-12-29-15-18/h1-15H,16-17H2,(H,30,32). The van der Waals surface area contributed by atoms with Gasteiger partial charge in [0.1, 0.15) is 5.75 Å². The first-order valence-electron chi connectivity index (χ1n) is 10.7. The number of amides is 2. The number of para-hydroxylation sites is 1. The van der Waals surface area contributed by atoms with Crippen LogP contribution in [0.2, 0.25) is 5.02 Å². The number of benzene rings is 3. The van der Waals surface area contributed by atoms with Crippen molar-refractivity contribution in [2.45, 2.75) is 13.1 Å². The molecule has 6 nitrogen and oxygen atoms in total. The van der Waals surface area contributed by atoms with Crippen LogP contribution in [0.3, 0.4) is 0 Å². The lowest BCUT2D eigenvalue weighted by Crippen LogP contribution is -2.30. The fourth-order valence-corrected chi connectivity index (χ4v) is 3.98. The monoisotopic (exact) mass is 469 g/mol. The van der Waals surface area contributed by atoms with Crippen molar-refractivity contribution in [2.75, 3.05) is 4.90 Å². The number of anilines is 1. The predicted molar refractivity (Wildman–Crippen MR) is 130 cm³/mol. The van der Waals surface area contributed by atoms with Gasteiger partial charge in [-0.2, -0.15) is 0 Å². The molecule has 0 bridgehead atoms. The number of ether oxygens (including phenoxy) is 1. The fourth-order valence-electron chi connectivity index (χ4n) is 3.81. The average molecular weight is 470 g/mol. The highest BCUT2D eigenvalue weighted by Crippen LogP contribution is 2.40. The Balaban J connectivity index is 1.44. The summed E-state index contributed by atoms with van der Waals surface area (Å²) in [5, 5.41) is 3.36. The molecule has 3 aromatic carbocycles. The van der Waals surface area contributed by atoms with E-state index in [1.54, 1.807) is 59.8 Å². The highest BCUT2D eigenvalue weighted by Gasteiger charge is 2.27. The molecule has 7 heteroatoms. The van der Waals surface area contributed by atoms with Gasteiger partial charge in [-0.15, -0.1) is 0 Å². The van der Waals surface area contributed by atoms with Gasteiger partial charge in [0.05, 0.1) is 12.2 Å². The largest absolute Gasteiger partial charge is 0.455 e. The zero-order valence-corrected chi connectivity index (χ0v) is 18.8. The van der Waals surface area contributed by atoms with Crippen molar-refractivity contribution >= 4 is 29.1 Å². The second-order valence-corrected chi connectivity index (χ2v) is 8.27. The van der Waals surface area contributed by atoms with E-state index in [4.69, 9.17) is 16.3 Å². The molecule has 0 spiro atoms. The molecule has 2 amide bonds. The summed E-state index contributed by atoms with van der Waals surface area (Å²) in [5.74, 6) is 0.690. The molecular formula is C27H20ClN3O3. The first kappa shape index (κ1) is 21.7. The molecule has 34 heavy (non-hydrogen) atoms. The van der Waals surface area contributed by atoms with Crippen LogP contribution in [0.4, 0.5) is 5.69 Å². The lowest BCUT2D eigenvalue weighted by Gasteiger charge is -2.22. The molecule has 168 valence electrons. The van der Waals surface area contributed by atoms with E-state index in [1.807, 2.05) is 36.4 Å². The Hall–Kier alpha value is -4.16. The number of halogens is 1. The highest BCUT2D eigenvalue weighted by molar-refractivity contribution is 6.31. The van der Waals surface area contributed by atoms with Crippen LogP contribution in [-0.2, 0) is 13.1 Å². The van der Waals surface area contributed by atoms with E-state index in [9.17, 15) is 9.59 Å². The lowest BCUT2D eigenvalue weighted by molar-refractivity contribution is 0.0951. The summed E-state index contributed by atoms with van der Waals surface area (Å²) < 4.78 is 6.09. The molecule has 0 saturated carbocycles. The Bertz CT molecular complexity index is 1370. The van der Waals surface area contributed by atoms with E-state index in [0.29, 0.717) is 46.4 Å². The van der Waals surface area contributed by atoms with E-state index in [0.717, 1.165) is 11.1 Å². The molecule has 0 fully saturated rings. The van der Waals surface area contributed by atoms with Crippen LogP contribution in [0.5, 0.6) is 11.5 Å². The molecule has 0 aliphatic carbocycles. The van der Waals surface area contributed by atoms with Crippen LogP contribution in [0.25, 0.3) is 0 Å². The molecule has 0 atom stereocenters. The normalized spacial score (nSPS) is 12.1. The third-order valence-corrected chi connectivity index (χ3v) is 5.76. The van der Waals surface area contributed by atoms with Gasteiger partial charge in [-0.05, 0) is 54.1 Å². The van der Waals surface area contributed by atoms with Gasteiger partial charge in [-0.25, -0.2) is 0 Å². The van der Waals surface area contributed by atoms with Gasteiger partial charge in [0.25, 0.3) is 11.8 Å². The number of rotatable bonds is 4. The molecule has 4 aromatic rings. The molecule has 5 rings (SSSR count). The Morgan fingerprint density at radius 1 is 0.941 bits per heavy atom. The van der Waals surface area contributed by atoms with Gasteiger partial charge in [0, 0.05) is 40.7 Å². The summed E-state index contributed by atoms with van der Waals surface area (Å²) in [6.45, 7) is 0.650. The molecule has 0 radical (unpaired) electrons. The van der Waals surface area contributed by atoms with Gasteiger partial charge in [0.2, 0.25) is 0 Å². The Morgan fingerprint density at radius 2 is 1.79 bits per heavy atom. The highest BCUT2D eigenvalue weighted by atomic mass is 35.5. The minimum atomic E-state index is -0.272. The van der Waals surface area contributed by atoms with Crippen LogP contribution in [0.1, 0.15) is 31.8 Å². The van der Waals surface area contributed by atoms with E-state index in [1.165, 1.54) is 0 Å². The van der Waals surface area contributed by atoms with Crippen molar-refractivity contribution in [3.8, 4) is 11.5 Å². The Morgan fingerprint density at radius 3 is 2.65 bits per heavy atom. The second-order valence-electron chi connectivity index (χ2n) is 7.84. The van der Waals surface area contributed by atoms with Gasteiger partial charge < -0.3 is 15.0 Å². The van der Waals surface area contributed by atoms with E-state index in [2.05, 4.69) is 10.3 Å². The van der Waals surface area contributed by atoms with Crippen molar-refractivity contribution in [2.24, 2.45) is 0 Å². The van der Waals surface area contributed by atoms with Crippen LogP contribution < -0.4 is 15.0 Å². The molecular weight excluding hydrogens is 450 g/mol. The number of hydrogen-bond acceptors (Lipinski definition) is 4. The van der Waals surface area contributed by atoms with E-state index < -0.39 is 0 Å². The van der Waals surface area contributed by atoms with Crippen LogP contribution in [0.15, 0.2) is 91.3 Å². The zero-order valence-electron chi connectivity index (χ0n) is 18.1. The third-order valence-electron chi connectivity index (χ3n) is 5.53. The number of carbonyl (C=O) groups is 2. The van der Waals surface area contributed by atoms with Crippen molar-refractivity contribution in [1.82, 2.24) is 10.3 Å².